The maximum Gasteiger partial charge on any atom is 0.345 e. The van der Waals surface area contributed by atoms with Crippen molar-refractivity contribution in [1.29, 1.82) is 0 Å². The summed E-state index contributed by atoms with van der Waals surface area (Å²) in [5.41, 5.74) is -0.932. The number of rotatable bonds is 7. The first-order valence-corrected chi connectivity index (χ1v) is 12.9. The molecule has 0 aliphatic carbocycles. The van der Waals surface area contributed by atoms with Crippen molar-refractivity contribution in [3.8, 4) is 17.6 Å². The van der Waals surface area contributed by atoms with Crippen LogP contribution in [0.15, 0.2) is 112 Å². The van der Waals surface area contributed by atoms with Crippen LogP contribution in [0.1, 0.15) is 19.4 Å². The lowest BCUT2D eigenvalue weighted by Gasteiger charge is -2.19. The lowest BCUT2D eigenvalue weighted by Crippen LogP contribution is -2.29. The van der Waals surface area contributed by atoms with E-state index in [1.807, 2.05) is 12.1 Å². The van der Waals surface area contributed by atoms with Crippen LogP contribution in [-0.4, -0.2) is 18.2 Å². The highest BCUT2D eigenvalue weighted by molar-refractivity contribution is 7.97. The minimum Gasteiger partial charge on any atom is -0.482 e. The van der Waals surface area contributed by atoms with E-state index in [1.54, 1.807) is 68.4 Å². The summed E-state index contributed by atoms with van der Waals surface area (Å²) in [6, 6.07) is 25.6. The molecule has 192 valence electrons. The van der Waals surface area contributed by atoms with Gasteiger partial charge in [-0.05, 0) is 98.8 Å². The molecular formula is C31H24F3O3S+. The molecule has 38 heavy (non-hydrogen) atoms. The Labute approximate surface area is 222 Å². The molecule has 0 aliphatic heterocycles. The van der Waals surface area contributed by atoms with Crippen LogP contribution in [0, 0.1) is 29.3 Å². The van der Waals surface area contributed by atoms with E-state index < -0.39 is 28.3 Å². The minimum atomic E-state index is -1.15. The van der Waals surface area contributed by atoms with Gasteiger partial charge in [-0.2, -0.15) is 0 Å². The van der Waals surface area contributed by atoms with E-state index in [-0.39, 0.29) is 23.8 Å². The van der Waals surface area contributed by atoms with Crippen LogP contribution >= 0.6 is 0 Å². The summed E-state index contributed by atoms with van der Waals surface area (Å²) in [5, 5.41) is 0. The number of benzene rings is 4. The fourth-order valence-corrected chi connectivity index (χ4v) is 5.53. The SMILES string of the molecule is CC(C)(C#Cc1ccccc1F)OC(=O)COc1ccc([S+](c2ccc(F)cc2)c2ccc(F)cc2)cc1. The first-order valence-electron chi connectivity index (χ1n) is 11.7. The molecule has 0 N–H and O–H groups in total. The van der Waals surface area contributed by atoms with Crippen molar-refractivity contribution in [3.63, 3.8) is 0 Å². The molecule has 0 unspecified atom stereocenters. The molecule has 3 nitrogen and oxygen atoms in total. The molecule has 0 atom stereocenters. The van der Waals surface area contributed by atoms with Crippen molar-refractivity contribution in [2.45, 2.75) is 34.1 Å². The van der Waals surface area contributed by atoms with Gasteiger partial charge in [0.15, 0.2) is 26.9 Å². The standard InChI is InChI=1S/C31H24F3O3S/c1-31(2,20-19-22-5-3-4-6-29(22)34)37-30(35)21-36-25-11-17-28(18-12-25)38(26-13-7-23(32)8-14-26)27-15-9-24(33)10-16-27/h3-18H,21H2,1-2H3/q+1. The summed E-state index contributed by atoms with van der Waals surface area (Å²) in [4.78, 5) is 15.0. The third kappa shape index (κ3) is 7.21. The van der Waals surface area contributed by atoms with Gasteiger partial charge < -0.3 is 9.47 Å². The van der Waals surface area contributed by atoms with Gasteiger partial charge in [0, 0.05) is 0 Å². The highest BCUT2D eigenvalue weighted by Gasteiger charge is 2.29. The quantitative estimate of drug-likeness (QED) is 0.147. The van der Waals surface area contributed by atoms with E-state index in [0.29, 0.717) is 5.75 Å². The Morgan fingerprint density at radius 1 is 0.763 bits per heavy atom. The van der Waals surface area contributed by atoms with Crippen LogP contribution in [-0.2, 0) is 20.4 Å². The summed E-state index contributed by atoms with van der Waals surface area (Å²) in [6.45, 7) is 2.88. The van der Waals surface area contributed by atoms with Gasteiger partial charge in [-0.1, -0.05) is 24.0 Å². The van der Waals surface area contributed by atoms with Crippen LogP contribution in [0.5, 0.6) is 5.75 Å². The second kappa shape index (κ2) is 11.9. The maximum absolute atomic E-state index is 13.8. The molecule has 0 aromatic heterocycles. The van der Waals surface area contributed by atoms with Gasteiger partial charge in [-0.15, -0.1) is 0 Å². The van der Waals surface area contributed by atoms with Crippen LogP contribution in [0.25, 0.3) is 0 Å². The third-order valence-corrected chi connectivity index (χ3v) is 7.49. The summed E-state index contributed by atoms with van der Waals surface area (Å²) in [6.07, 6.45) is 0. The second-order valence-electron chi connectivity index (χ2n) is 8.69. The van der Waals surface area contributed by atoms with Gasteiger partial charge in [-0.3, -0.25) is 0 Å². The normalized spacial score (nSPS) is 11.0. The van der Waals surface area contributed by atoms with E-state index in [0.717, 1.165) is 14.7 Å². The molecule has 0 bridgehead atoms. The van der Waals surface area contributed by atoms with Gasteiger partial charge in [0.25, 0.3) is 0 Å². The summed E-state index contributed by atoms with van der Waals surface area (Å²) in [5.74, 6) is 4.16. The Kier molecular flexibility index (Phi) is 8.45. The molecule has 4 rings (SSSR count). The van der Waals surface area contributed by atoms with Crippen LogP contribution in [0.3, 0.4) is 0 Å². The minimum absolute atomic E-state index is 0.216. The number of hydrogen-bond donors (Lipinski definition) is 0. The number of esters is 1. The average Bonchev–Trinajstić information content (AvgIpc) is 2.90. The second-order valence-corrected chi connectivity index (χ2v) is 10.7. The van der Waals surface area contributed by atoms with Crippen LogP contribution < -0.4 is 4.74 Å². The number of hydrogen-bond acceptors (Lipinski definition) is 3. The van der Waals surface area contributed by atoms with Crippen LogP contribution in [0.2, 0.25) is 0 Å². The predicted octanol–water partition coefficient (Wildman–Crippen LogP) is 6.95. The molecule has 4 aromatic carbocycles. The number of carbonyl (C=O) groups is 1. The van der Waals surface area contributed by atoms with Crippen molar-refractivity contribution in [2.75, 3.05) is 6.61 Å². The van der Waals surface area contributed by atoms with E-state index >= 15 is 0 Å². The van der Waals surface area contributed by atoms with Gasteiger partial charge in [0.05, 0.1) is 16.5 Å². The maximum atomic E-state index is 13.8. The summed E-state index contributed by atoms with van der Waals surface area (Å²) >= 11 is 0. The van der Waals surface area contributed by atoms with Gasteiger partial charge >= 0.3 is 5.97 Å². The monoisotopic (exact) mass is 533 g/mol. The highest BCUT2D eigenvalue weighted by Crippen LogP contribution is 2.32. The third-order valence-electron chi connectivity index (χ3n) is 5.26. The van der Waals surface area contributed by atoms with Crippen molar-refractivity contribution in [3.05, 3.63) is 120 Å². The Morgan fingerprint density at radius 2 is 1.26 bits per heavy atom. The molecule has 0 amide bonds. The molecule has 0 aliphatic rings. The molecule has 0 saturated carbocycles. The largest absolute Gasteiger partial charge is 0.482 e. The summed E-state index contributed by atoms with van der Waals surface area (Å²) in [7, 11) is -0.608. The molecule has 0 fully saturated rings. The topological polar surface area (TPSA) is 35.5 Å². The molecule has 0 heterocycles. The Balaban J connectivity index is 1.43. The smallest absolute Gasteiger partial charge is 0.345 e. The van der Waals surface area contributed by atoms with Gasteiger partial charge in [0.2, 0.25) is 0 Å². The van der Waals surface area contributed by atoms with Crippen LogP contribution in [0.4, 0.5) is 13.2 Å². The van der Waals surface area contributed by atoms with E-state index in [4.69, 9.17) is 9.47 Å². The van der Waals surface area contributed by atoms with Gasteiger partial charge in [0.1, 0.15) is 23.2 Å². The lowest BCUT2D eigenvalue weighted by atomic mass is 10.1. The Bertz CT molecular complexity index is 1410. The average molecular weight is 534 g/mol. The Morgan fingerprint density at radius 3 is 1.79 bits per heavy atom. The van der Waals surface area contributed by atoms with Crippen molar-refractivity contribution < 1.29 is 27.4 Å². The van der Waals surface area contributed by atoms with Crippen molar-refractivity contribution in [1.82, 2.24) is 0 Å². The van der Waals surface area contributed by atoms with Crippen molar-refractivity contribution in [2.24, 2.45) is 0 Å². The zero-order chi connectivity index (χ0) is 27.1. The van der Waals surface area contributed by atoms with Gasteiger partial charge in [-0.25, -0.2) is 18.0 Å². The van der Waals surface area contributed by atoms with Crippen molar-refractivity contribution >= 4 is 16.9 Å². The molecule has 7 heteroatoms. The molecule has 0 radical (unpaired) electrons. The fraction of sp³-hybridized carbons (Fsp3) is 0.129. The summed E-state index contributed by atoms with van der Waals surface area (Å²) < 4.78 is 51.8. The number of halogens is 3. The Hall–Kier alpha value is -4.15. The first kappa shape index (κ1) is 26.9. The number of carbonyl (C=O) groups excluding carboxylic acids is 1. The van der Waals surface area contributed by atoms with E-state index in [2.05, 4.69) is 11.8 Å². The molecule has 4 aromatic rings. The first-order chi connectivity index (χ1) is 18.2. The zero-order valence-corrected chi connectivity index (χ0v) is 21.5. The zero-order valence-electron chi connectivity index (χ0n) is 20.7. The molecular weight excluding hydrogens is 509 g/mol. The number of ether oxygens (including phenoxy) is 2. The predicted molar refractivity (Wildman–Crippen MR) is 140 cm³/mol. The van der Waals surface area contributed by atoms with E-state index in [9.17, 15) is 18.0 Å². The lowest BCUT2D eigenvalue weighted by molar-refractivity contribution is -0.154. The molecule has 0 spiro atoms. The molecule has 0 saturated heterocycles. The fourth-order valence-electron chi connectivity index (χ4n) is 3.48. The van der Waals surface area contributed by atoms with E-state index in [1.165, 1.54) is 30.3 Å². The highest BCUT2D eigenvalue weighted by atomic mass is 32.2.